The Balaban J connectivity index is 1.86. The summed E-state index contributed by atoms with van der Waals surface area (Å²) >= 11 is 0. The molecule has 0 aliphatic rings. The Hall–Kier alpha value is -3.75. The van der Waals surface area contributed by atoms with E-state index in [9.17, 15) is 14.9 Å². The lowest BCUT2D eigenvalue weighted by atomic mass is 10.1. The van der Waals surface area contributed by atoms with Gasteiger partial charge in [0, 0.05) is 19.2 Å². The molecule has 0 bridgehead atoms. The molecule has 9 heteroatoms. The van der Waals surface area contributed by atoms with Crippen LogP contribution in [0.15, 0.2) is 48.5 Å². The van der Waals surface area contributed by atoms with Crippen LogP contribution in [0.2, 0.25) is 0 Å². The second-order valence-electron chi connectivity index (χ2n) is 6.58. The van der Waals surface area contributed by atoms with E-state index in [0.717, 1.165) is 11.3 Å². The Morgan fingerprint density at radius 2 is 1.93 bits per heavy atom. The van der Waals surface area contributed by atoms with Crippen LogP contribution in [0, 0.1) is 17.0 Å². The molecule has 9 nitrogen and oxygen atoms in total. The monoisotopic (exact) mass is 395 g/mol. The smallest absolute Gasteiger partial charge is 0.276 e. The molecule has 1 amide bonds. The largest absolute Gasteiger partial charge is 0.497 e. The zero-order valence-electron chi connectivity index (χ0n) is 16.6. The van der Waals surface area contributed by atoms with E-state index >= 15 is 0 Å². The summed E-state index contributed by atoms with van der Waals surface area (Å²) in [6.07, 6.45) is 0. The van der Waals surface area contributed by atoms with Gasteiger partial charge in [-0.05, 0) is 37.6 Å². The van der Waals surface area contributed by atoms with Crippen LogP contribution >= 0.6 is 0 Å². The third-order valence-electron chi connectivity index (χ3n) is 4.88. The number of non-ortho nitro benzene ring substituents is 1. The van der Waals surface area contributed by atoms with Gasteiger partial charge in [0.1, 0.15) is 5.75 Å². The Labute approximate surface area is 167 Å². The van der Waals surface area contributed by atoms with Crippen LogP contribution < -0.4 is 4.74 Å². The Bertz CT molecular complexity index is 1050. The third-order valence-corrected chi connectivity index (χ3v) is 4.88. The lowest BCUT2D eigenvalue weighted by molar-refractivity contribution is -0.384. The van der Waals surface area contributed by atoms with E-state index in [1.165, 1.54) is 16.8 Å². The van der Waals surface area contributed by atoms with E-state index in [1.807, 2.05) is 31.2 Å². The summed E-state index contributed by atoms with van der Waals surface area (Å²) < 4.78 is 6.59. The molecular formula is C20H21N5O4. The molecule has 0 aliphatic carbocycles. The molecule has 29 heavy (non-hydrogen) atoms. The van der Waals surface area contributed by atoms with Crippen molar-refractivity contribution in [2.75, 3.05) is 14.2 Å². The number of ether oxygens (including phenoxy) is 1. The fourth-order valence-electron chi connectivity index (χ4n) is 2.96. The minimum Gasteiger partial charge on any atom is -0.497 e. The highest BCUT2D eigenvalue weighted by molar-refractivity contribution is 5.93. The van der Waals surface area contributed by atoms with Crippen LogP contribution in [-0.4, -0.2) is 44.9 Å². The number of nitro benzene ring substituents is 1. The maximum Gasteiger partial charge on any atom is 0.276 e. The van der Waals surface area contributed by atoms with Crippen LogP contribution in [0.4, 0.5) is 5.69 Å². The summed E-state index contributed by atoms with van der Waals surface area (Å²) in [5, 5.41) is 19.1. The Kier molecular flexibility index (Phi) is 5.58. The van der Waals surface area contributed by atoms with Crippen molar-refractivity contribution >= 4 is 11.6 Å². The molecule has 150 valence electrons. The van der Waals surface area contributed by atoms with E-state index in [4.69, 9.17) is 4.74 Å². The summed E-state index contributed by atoms with van der Waals surface area (Å²) in [5.41, 5.74) is 2.05. The molecule has 0 N–H and O–H groups in total. The van der Waals surface area contributed by atoms with Crippen molar-refractivity contribution in [1.29, 1.82) is 0 Å². The van der Waals surface area contributed by atoms with E-state index in [2.05, 4.69) is 10.3 Å². The van der Waals surface area contributed by atoms with Crippen LogP contribution in [-0.2, 0) is 0 Å². The molecule has 1 unspecified atom stereocenters. The molecule has 2 aromatic carbocycles. The van der Waals surface area contributed by atoms with Crippen LogP contribution in [0.3, 0.4) is 0 Å². The number of nitro groups is 1. The zero-order valence-corrected chi connectivity index (χ0v) is 16.6. The van der Waals surface area contributed by atoms with Crippen LogP contribution in [0.5, 0.6) is 5.75 Å². The van der Waals surface area contributed by atoms with E-state index in [-0.39, 0.29) is 23.3 Å². The number of aromatic nitrogens is 3. The second kappa shape index (κ2) is 8.09. The van der Waals surface area contributed by atoms with Gasteiger partial charge in [-0.1, -0.05) is 23.4 Å². The summed E-state index contributed by atoms with van der Waals surface area (Å²) in [5.74, 6) is 0.452. The van der Waals surface area contributed by atoms with Gasteiger partial charge < -0.3 is 9.64 Å². The molecule has 0 aliphatic heterocycles. The number of hydrogen-bond donors (Lipinski definition) is 0. The molecular weight excluding hydrogens is 374 g/mol. The van der Waals surface area contributed by atoms with Gasteiger partial charge in [-0.2, -0.15) is 0 Å². The average molecular weight is 395 g/mol. The Morgan fingerprint density at radius 3 is 2.55 bits per heavy atom. The van der Waals surface area contributed by atoms with E-state index < -0.39 is 4.92 Å². The van der Waals surface area contributed by atoms with Crippen molar-refractivity contribution in [2.24, 2.45) is 0 Å². The van der Waals surface area contributed by atoms with Crippen molar-refractivity contribution in [2.45, 2.75) is 19.9 Å². The molecule has 0 spiro atoms. The van der Waals surface area contributed by atoms with Crippen molar-refractivity contribution in [3.05, 3.63) is 75.6 Å². The van der Waals surface area contributed by atoms with Crippen molar-refractivity contribution in [3.8, 4) is 11.4 Å². The van der Waals surface area contributed by atoms with Crippen LogP contribution in [0.25, 0.3) is 5.69 Å². The number of carbonyl (C=O) groups excluding carboxylic acids is 1. The quantitative estimate of drug-likeness (QED) is 0.468. The molecule has 0 fully saturated rings. The van der Waals surface area contributed by atoms with Gasteiger partial charge in [-0.3, -0.25) is 14.9 Å². The van der Waals surface area contributed by atoms with Gasteiger partial charge >= 0.3 is 0 Å². The van der Waals surface area contributed by atoms with Crippen molar-refractivity contribution in [3.63, 3.8) is 0 Å². The first-order valence-electron chi connectivity index (χ1n) is 8.91. The zero-order chi connectivity index (χ0) is 21.1. The lowest BCUT2D eigenvalue weighted by Crippen LogP contribution is -2.30. The fourth-order valence-corrected chi connectivity index (χ4v) is 2.96. The summed E-state index contributed by atoms with van der Waals surface area (Å²) in [7, 11) is 3.30. The lowest BCUT2D eigenvalue weighted by Gasteiger charge is -2.25. The normalized spacial score (nSPS) is 11.7. The fraction of sp³-hybridized carbons (Fsp3) is 0.250. The molecule has 3 aromatic rings. The SMILES string of the molecule is COc1ccc(C(C)N(C)C(=O)c2nnn(-c3cccc([N+](=O)[O-])c3)c2C)cc1. The number of nitrogens with zero attached hydrogens (tertiary/aromatic N) is 5. The second-order valence-corrected chi connectivity index (χ2v) is 6.58. The molecule has 0 saturated heterocycles. The van der Waals surface area contributed by atoms with E-state index in [0.29, 0.717) is 11.4 Å². The number of benzene rings is 2. The Morgan fingerprint density at radius 1 is 1.24 bits per heavy atom. The maximum absolute atomic E-state index is 13.0. The molecule has 0 saturated carbocycles. The summed E-state index contributed by atoms with van der Waals surface area (Å²) in [6, 6.07) is 13.3. The number of hydrogen-bond acceptors (Lipinski definition) is 6. The molecule has 1 aromatic heterocycles. The first kappa shape index (κ1) is 20.0. The number of carbonyl (C=O) groups is 1. The van der Waals surface area contributed by atoms with Crippen molar-refractivity contribution < 1.29 is 14.5 Å². The van der Waals surface area contributed by atoms with Gasteiger partial charge in [0.15, 0.2) is 5.69 Å². The third kappa shape index (κ3) is 3.93. The maximum atomic E-state index is 13.0. The molecule has 3 rings (SSSR count). The molecule has 0 radical (unpaired) electrons. The van der Waals surface area contributed by atoms with Crippen LogP contribution in [0.1, 0.15) is 34.7 Å². The highest BCUT2D eigenvalue weighted by atomic mass is 16.6. The summed E-state index contributed by atoms with van der Waals surface area (Å²) in [4.78, 5) is 25.1. The predicted molar refractivity (Wildman–Crippen MR) is 106 cm³/mol. The van der Waals surface area contributed by atoms with E-state index in [1.54, 1.807) is 38.1 Å². The molecule has 1 atom stereocenters. The van der Waals surface area contributed by atoms with Gasteiger partial charge in [0.05, 0.1) is 29.5 Å². The highest BCUT2D eigenvalue weighted by Crippen LogP contribution is 2.24. The number of rotatable bonds is 6. The van der Waals surface area contributed by atoms with Gasteiger partial charge in [-0.25, -0.2) is 4.68 Å². The highest BCUT2D eigenvalue weighted by Gasteiger charge is 2.25. The molecule has 1 heterocycles. The predicted octanol–water partition coefficient (Wildman–Crippen LogP) is 3.33. The minimum absolute atomic E-state index is 0.0597. The summed E-state index contributed by atoms with van der Waals surface area (Å²) in [6.45, 7) is 3.62. The standard InChI is InChI=1S/C20H21N5O4/c1-13(15-8-10-18(29-4)11-9-15)23(3)20(26)19-14(2)24(22-21-19)16-6-5-7-17(12-16)25(27)28/h5-13H,1-4H3. The van der Waals surface area contributed by atoms with Gasteiger partial charge in [0.2, 0.25) is 0 Å². The first-order valence-corrected chi connectivity index (χ1v) is 8.91. The van der Waals surface area contributed by atoms with Crippen molar-refractivity contribution in [1.82, 2.24) is 19.9 Å². The van der Waals surface area contributed by atoms with Gasteiger partial charge in [-0.15, -0.1) is 5.10 Å². The minimum atomic E-state index is -0.480. The number of methoxy groups -OCH3 is 1. The average Bonchev–Trinajstić information content (AvgIpc) is 3.13. The topological polar surface area (TPSA) is 103 Å². The number of amides is 1. The van der Waals surface area contributed by atoms with Gasteiger partial charge in [0.25, 0.3) is 11.6 Å². The first-order chi connectivity index (χ1) is 13.8.